The second-order valence-electron chi connectivity index (χ2n) is 2.75. The van der Waals surface area contributed by atoms with Crippen LogP contribution in [0.3, 0.4) is 0 Å². The maximum Gasteiger partial charge on any atom is 0.326 e. The quantitative estimate of drug-likeness (QED) is 0.655. The van der Waals surface area contributed by atoms with E-state index >= 15 is 0 Å². The fourth-order valence-electron chi connectivity index (χ4n) is 1.27. The molecule has 0 aliphatic rings. The Morgan fingerprint density at radius 3 is 2.77 bits per heavy atom. The molecule has 1 N–H and O–H groups in total. The molecule has 0 amide bonds. The van der Waals surface area contributed by atoms with Crippen molar-refractivity contribution in [1.82, 2.24) is 9.55 Å². The van der Waals surface area contributed by atoms with Crippen molar-refractivity contribution in [2.75, 3.05) is 0 Å². The van der Waals surface area contributed by atoms with Gasteiger partial charge in [0.1, 0.15) is 5.52 Å². The van der Waals surface area contributed by atoms with Gasteiger partial charge >= 0.3 is 5.69 Å². The van der Waals surface area contributed by atoms with Crippen molar-refractivity contribution < 1.29 is 8.78 Å². The second kappa shape index (κ2) is 2.42. The Hall–Kier alpha value is -1.65. The van der Waals surface area contributed by atoms with Gasteiger partial charge in [0.05, 0.1) is 5.52 Å². The number of rotatable bonds is 0. The highest BCUT2D eigenvalue weighted by atomic mass is 19.2. The van der Waals surface area contributed by atoms with Crippen LogP contribution in [0.25, 0.3) is 11.0 Å². The fourth-order valence-corrected chi connectivity index (χ4v) is 1.27. The third-order valence-electron chi connectivity index (χ3n) is 1.95. The molecule has 3 nitrogen and oxygen atoms in total. The minimum Gasteiger partial charge on any atom is -0.305 e. The van der Waals surface area contributed by atoms with Gasteiger partial charge in [0.2, 0.25) is 0 Å². The Bertz CT molecular complexity index is 527. The Kier molecular flexibility index (Phi) is 1.48. The van der Waals surface area contributed by atoms with E-state index in [0.717, 1.165) is 10.6 Å². The highest BCUT2D eigenvalue weighted by molar-refractivity contribution is 5.75. The normalized spacial score (nSPS) is 11.0. The van der Waals surface area contributed by atoms with Crippen LogP contribution in [0.1, 0.15) is 0 Å². The zero-order valence-electron chi connectivity index (χ0n) is 6.77. The molecule has 0 bridgehead atoms. The summed E-state index contributed by atoms with van der Waals surface area (Å²) >= 11 is 0. The van der Waals surface area contributed by atoms with Crippen LogP contribution in [-0.2, 0) is 7.05 Å². The van der Waals surface area contributed by atoms with Crippen molar-refractivity contribution in [3.8, 4) is 0 Å². The molecule has 68 valence electrons. The van der Waals surface area contributed by atoms with Crippen LogP contribution in [0, 0.1) is 11.6 Å². The predicted octanol–water partition coefficient (Wildman–Crippen LogP) is 1.14. The van der Waals surface area contributed by atoms with E-state index in [1.807, 2.05) is 0 Å². The van der Waals surface area contributed by atoms with E-state index in [-0.39, 0.29) is 5.52 Å². The zero-order valence-corrected chi connectivity index (χ0v) is 6.77. The molecule has 0 unspecified atom stereocenters. The maximum absolute atomic E-state index is 13.1. The highest BCUT2D eigenvalue weighted by Crippen LogP contribution is 2.16. The summed E-state index contributed by atoms with van der Waals surface area (Å²) < 4.78 is 26.9. The Balaban J connectivity index is 3.05. The Labute approximate surface area is 71.6 Å². The molecule has 1 aromatic carbocycles. The standard InChI is InChI=1S/C8H6F2N2O/c1-12-7-5(11-8(12)13)3-2-4(9)6(7)10/h2-3H,1H3,(H,11,13). The molecular formula is C8H6F2N2O. The summed E-state index contributed by atoms with van der Waals surface area (Å²) in [6, 6.07) is 2.31. The zero-order chi connectivity index (χ0) is 9.59. The summed E-state index contributed by atoms with van der Waals surface area (Å²) in [6.07, 6.45) is 0. The van der Waals surface area contributed by atoms with Crippen LogP contribution in [0.5, 0.6) is 0 Å². The van der Waals surface area contributed by atoms with Gasteiger partial charge in [0.25, 0.3) is 0 Å². The van der Waals surface area contributed by atoms with Gasteiger partial charge in [0.15, 0.2) is 11.6 Å². The third-order valence-corrected chi connectivity index (χ3v) is 1.95. The van der Waals surface area contributed by atoms with E-state index < -0.39 is 17.3 Å². The summed E-state index contributed by atoms with van der Waals surface area (Å²) in [5, 5.41) is 0. The second-order valence-corrected chi connectivity index (χ2v) is 2.75. The minimum atomic E-state index is -1.00. The summed E-state index contributed by atoms with van der Waals surface area (Å²) in [7, 11) is 1.38. The number of hydrogen-bond acceptors (Lipinski definition) is 1. The largest absolute Gasteiger partial charge is 0.326 e. The van der Waals surface area contributed by atoms with E-state index in [4.69, 9.17) is 0 Å². The van der Waals surface area contributed by atoms with Gasteiger partial charge in [-0.25, -0.2) is 13.6 Å². The van der Waals surface area contributed by atoms with Gasteiger partial charge in [-0.3, -0.25) is 4.57 Å². The maximum atomic E-state index is 13.1. The first-order valence-corrected chi connectivity index (χ1v) is 3.64. The highest BCUT2D eigenvalue weighted by Gasteiger charge is 2.11. The van der Waals surface area contributed by atoms with E-state index in [2.05, 4.69) is 4.98 Å². The summed E-state index contributed by atoms with van der Waals surface area (Å²) in [5.41, 5.74) is -0.198. The Morgan fingerprint density at radius 2 is 2.08 bits per heavy atom. The van der Waals surface area contributed by atoms with E-state index in [1.165, 1.54) is 13.1 Å². The molecule has 1 aromatic heterocycles. The molecule has 0 radical (unpaired) electrons. The van der Waals surface area contributed by atoms with Crippen molar-refractivity contribution in [1.29, 1.82) is 0 Å². The molecular weight excluding hydrogens is 178 g/mol. The lowest BCUT2D eigenvalue weighted by molar-refractivity contribution is 0.513. The van der Waals surface area contributed by atoms with E-state index in [1.54, 1.807) is 0 Å². The molecule has 0 saturated heterocycles. The smallest absolute Gasteiger partial charge is 0.305 e. The molecule has 0 fully saturated rings. The molecule has 2 rings (SSSR count). The number of aromatic amines is 1. The molecule has 13 heavy (non-hydrogen) atoms. The number of nitrogens with zero attached hydrogens (tertiary/aromatic N) is 1. The number of hydrogen-bond donors (Lipinski definition) is 1. The number of benzene rings is 1. The lowest BCUT2D eigenvalue weighted by atomic mass is 10.3. The first-order chi connectivity index (χ1) is 6.11. The number of nitrogens with one attached hydrogen (secondary N) is 1. The van der Waals surface area contributed by atoms with Gasteiger partial charge in [-0.2, -0.15) is 0 Å². The van der Waals surface area contributed by atoms with Gasteiger partial charge in [0, 0.05) is 7.05 Å². The molecule has 0 aliphatic heterocycles. The first kappa shape index (κ1) is 7.97. The SMILES string of the molecule is Cn1c(=O)[nH]c2ccc(F)c(F)c21. The van der Waals surface area contributed by atoms with Crippen molar-refractivity contribution in [3.63, 3.8) is 0 Å². The molecule has 0 saturated carbocycles. The fraction of sp³-hybridized carbons (Fsp3) is 0.125. The number of H-pyrrole nitrogens is 1. The van der Waals surface area contributed by atoms with Gasteiger partial charge in [-0.05, 0) is 12.1 Å². The van der Waals surface area contributed by atoms with Crippen LogP contribution >= 0.6 is 0 Å². The van der Waals surface area contributed by atoms with E-state index in [9.17, 15) is 13.6 Å². The van der Waals surface area contributed by atoms with Crippen LogP contribution in [0.15, 0.2) is 16.9 Å². The molecule has 2 aromatic rings. The average molecular weight is 184 g/mol. The number of aryl methyl sites for hydroxylation is 1. The van der Waals surface area contributed by atoms with Crippen molar-refractivity contribution in [2.45, 2.75) is 0 Å². The molecule has 0 aliphatic carbocycles. The van der Waals surface area contributed by atoms with Crippen molar-refractivity contribution in [2.24, 2.45) is 7.05 Å². The van der Waals surface area contributed by atoms with Gasteiger partial charge in [-0.15, -0.1) is 0 Å². The molecule has 1 heterocycles. The third kappa shape index (κ3) is 0.965. The van der Waals surface area contributed by atoms with Crippen molar-refractivity contribution >= 4 is 11.0 Å². The number of imidazole rings is 1. The summed E-state index contributed by atoms with van der Waals surface area (Å²) in [5.74, 6) is -1.96. The van der Waals surface area contributed by atoms with Crippen LogP contribution in [-0.4, -0.2) is 9.55 Å². The lowest BCUT2D eigenvalue weighted by Gasteiger charge is -1.96. The Morgan fingerprint density at radius 1 is 1.38 bits per heavy atom. The van der Waals surface area contributed by atoms with Crippen molar-refractivity contribution in [3.05, 3.63) is 34.3 Å². The summed E-state index contributed by atoms with van der Waals surface area (Å²) in [4.78, 5) is 13.4. The molecule has 0 spiro atoms. The first-order valence-electron chi connectivity index (χ1n) is 3.64. The number of fused-ring (bicyclic) bond motifs is 1. The van der Waals surface area contributed by atoms with Gasteiger partial charge < -0.3 is 4.98 Å². The average Bonchev–Trinajstić information content (AvgIpc) is 2.37. The van der Waals surface area contributed by atoms with Gasteiger partial charge in [-0.1, -0.05) is 0 Å². The van der Waals surface area contributed by atoms with Crippen LogP contribution in [0.4, 0.5) is 8.78 Å². The monoisotopic (exact) mass is 184 g/mol. The number of aromatic nitrogens is 2. The minimum absolute atomic E-state index is 0.0370. The molecule has 5 heteroatoms. The van der Waals surface area contributed by atoms with E-state index in [0.29, 0.717) is 5.52 Å². The van der Waals surface area contributed by atoms with Crippen LogP contribution in [0.2, 0.25) is 0 Å². The number of halogens is 2. The topological polar surface area (TPSA) is 37.8 Å². The predicted molar refractivity (Wildman–Crippen MR) is 43.5 cm³/mol. The summed E-state index contributed by atoms with van der Waals surface area (Å²) in [6.45, 7) is 0. The van der Waals surface area contributed by atoms with Crippen LogP contribution < -0.4 is 5.69 Å². The lowest BCUT2D eigenvalue weighted by Crippen LogP contribution is -2.12. The molecule has 0 atom stereocenters.